The zero-order chi connectivity index (χ0) is 16.1. The zero-order valence-corrected chi connectivity index (χ0v) is 12.5. The average Bonchev–Trinajstić information content (AvgIpc) is 2.61. The fraction of sp³-hybridized carbons (Fsp3) is 0. The zero-order valence-electron chi connectivity index (χ0n) is 12.5. The van der Waals surface area contributed by atoms with Gasteiger partial charge in [-0.2, -0.15) is 0 Å². The van der Waals surface area contributed by atoms with Gasteiger partial charge >= 0.3 is 0 Å². The van der Waals surface area contributed by atoms with Crippen LogP contribution in [0.4, 0.5) is 0 Å². The summed E-state index contributed by atoms with van der Waals surface area (Å²) in [5.74, 6) is 0.0786. The lowest BCUT2D eigenvalue weighted by atomic mass is 9.95. The second-order valence-electron chi connectivity index (χ2n) is 5.21. The van der Waals surface area contributed by atoms with Crippen LogP contribution in [-0.4, -0.2) is 10.9 Å². The molecule has 3 aromatic carbocycles. The minimum absolute atomic E-state index is 0.0694. The highest BCUT2D eigenvalue weighted by atomic mass is 16.3. The van der Waals surface area contributed by atoms with E-state index in [2.05, 4.69) is 0 Å². The molecule has 0 aliphatic heterocycles. The molecule has 0 amide bonds. The Morgan fingerprint density at radius 1 is 0.696 bits per heavy atom. The Hall–Kier alpha value is -3.13. The number of Topliss-reactive ketones (excluding diaryl/α,β-unsaturated/α-hetero) is 1. The lowest BCUT2D eigenvalue weighted by Crippen LogP contribution is -2.02. The molecule has 0 aromatic heterocycles. The fourth-order valence-electron chi connectivity index (χ4n) is 2.38. The number of carbonyl (C=O) groups is 1. The Bertz CT molecular complexity index is 817. The van der Waals surface area contributed by atoms with Crippen molar-refractivity contribution in [2.45, 2.75) is 0 Å². The predicted octanol–water partition coefficient (Wildman–Crippen LogP) is 4.82. The Balaban J connectivity index is 2.07. The van der Waals surface area contributed by atoms with E-state index in [0.29, 0.717) is 11.1 Å². The number of phenolic OH excluding ortho intramolecular Hbond substituents is 1. The Morgan fingerprint density at radius 3 is 1.87 bits per heavy atom. The largest absolute Gasteiger partial charge is 0.508 e. The number of carbonyl (C=O) groups excluding carboxylic acids is 1. The van der Waals surface area contributed by atoms with E-state index in [1.54, 1.807) is 12.1 Å². The molecule has 0 radical (unpaired) electrons. The van der Waals surface area contributed by atoms with Crippen LogP contribution in [0.2, 0.25) is 0 Å². The maximum atomic E-state index is 12.9. The maximum absolute atomic E-state index is 12.9. The van der Waals surface area contributed by atoms with Crippen molar-refractivity contribution >= 4 is 17.4 Å². The summed E-state index contributed by atoms with van der Waals surface area (Å²) < 4.78 is 0. The monoisotopic (exact) mass is 300 g/mol. The van der Waals surface area contributed by atoms with Crippen molar-refractivity contribution < 1.29 is 9.90 Å². The topological polar surface area (TPSA) is 37.3 Å². The predicted molar refractivity (Wildman–Crippen MR) is 93.2 cm³/mol. The number of benzene rings is 3. The third-order valence-electron chi connectivity index (χ3n) is 3.57. The van der Waals surface area contributed by atoms with Crippen molar-refractivity contribution in [2.24, 2.45) is 0 Å². The summed E-state index contributed by atoms with van der Waals surface area (Å²) in [5, 5.41) is 9.40. The molecule has 0 saturated carbocycles. The van der Waals surface area contributed by atoms with Crippen LogP contribution in [0, 0.1) is 0 Å². The van der Waals surface area contributed by atoms with E-state index in [1.165, 1.54) is 12.1 Å². The Kier molecular flexibility index (Phi) is 4.34. The Morgan fingerprint density at radius 2 is 1.26 bits per heavy atom. The van der Waals surface area contributed by atoms with Crippen LogP contribution in [-0.2, 0) is 0 Å². The van der Waals surface area contributed by atoms with E-state index in [-0.39, 0.29) is 11.5 Å². The first-order chi connectivity index (χ1) is 11.2. The van der Waals surface area contributed by atoms with Gasteiger partial charge in [-0.1, -0.05) is 60.7 Å². The molecule has 112 valence electrons. The average molecular weight is 300 g/mol. The summed E-state index contributed by atoms with van der Waals surface area (Å²) in [6.45, 7) is 0. The van der Waals surface area contributed by atoms with Gasteiger partial charge in [-0.15, -0.1) is 0 Å². The number of aromatic hydroxyl groups is 1. The van der Waals surface area contributed by atoms with Crippen LogP contribution in [0.5, 0.6) is 5.75 Å². The van der Waals surface area contributed by atoms with Gasteiger partial charge in [0, 0.05) is 11.1 Å². The molecule has 2 heteroatoms. The molecule has 0 fully saturated rings. The van der Waals surface area contributed by atoms with E-state index >= 15 is 0 Å². The van der Waals surface area contributed by atoms with Gasteiger partial charge in [0.1, 0.15) is 5.75 Å². The molecular formula is C21H16O2. The molecule has 0 unspecified atom stereocenters. The highest BCUT2D eigenvalue weighted by molar-refractivity contribution is 6.32. The third kappa shape index (κ3) is 3.55. The van der Waals surface area contributed by atoms with Crippen LogP contribution in [0.3, 0.4) is 0 Å². The number of hydrogen-bond acceptors (Lipinski definition) is 2. The van der Waals surface area contributed by atoms with E-state index in [4.69, 9.17) is 0 Å². The minimum Gasteiger partial charge on any atom is -0.508 e. The number of phenols is 1. The molecule has 3 rings (SSSR count). The van der Waals surface area contributed by atoms with Gasteiger partial charge in [0.2, 0.25) is 0 Å². The highest BCUT2D eigenvalue weighted by Crippen LogP contribution is 2.23. The van der Waals surface area contributed by atoms with Crippen molar-refractivity contribution in [3.05, 3.63) is 102 Å². The molecule has 0 heterocycles. The van der Waals surface area contributed by atoms with E-state index in [9.17, 15) is 9.90 Å². The number of rotatable bonds is 4. The van der Waals surface area contributed by atoms with Crippen LogP contribution >= 0.6 is 0 Å². The number of hydrogen-bond donors (Lipinski definition) is 1. The van der Waals surface area contributed by atoms with E-state index in [0.717, 1.165) is 11.1 Å². The van der Waals surface area contributed by atoms with Gasteiger partial charge in [0.15, 0.2) is 5.78 Å². The molecule has 0 atom stereocenters. The highest BCUT2D eigenvalue weighted by Gasteiger charge is 2.14. The van der Waals surface area contributed by atoms with Crippen LogP contribution in [0.15, 0.2) is 84.9 Å². The molecule has 1 N–H and O–H groups in total. The summed E-state index contributed by atoms with van der Waals surface area (Å²) in [7, 11) is 0. The molecule has 0 aliphatic rings. The third-order valence-corrected chi connectivity index (χ3v) is 3.57. The fourth-order valence-corrected chi connectivity index (χ4v) is 2.38. The van der Waals surface area contributed by atoms with Crippen molar-refractivity contribution in [3.8, 4) is 5.75 Å². The summed E-state index contributed by atoms with van der Waals surface area (Å²) in [6, 6.07) is 25.7. The summed E-state index contributed by atoms with van der Waals surface area (Å²) in [5.41, 5.74) is 3.02. The SMILES string of the molecule is O=C(/C(=C\c1ccccc1)c1ccccc1)c1ccc(O)cc1. The first-order valence-corrected chi connectivity index (χ1v) is 7.40. The molecule has 0 spiro atoms. The molecule has 0 saturated heterocycles. The van der Waals surface area contributed by atoms with E-state index in [1.807, 2.05) is 66.7 Å². The number of allylic oxidation sites excluding steroid dienone is 1. The molecule has 2 nitrogen and oxygen atoms in total. The van der Waals surface area contributed by atoms with Gasteiger partial charge in [0.05, 0.1) is 0 Å². The van der Waals surface area contributed by atoms with Crippen LogP contribution < -0.4 is 0 Å². The van der Waals surface area contributed by atoms with Crippen molar-refractivity contribution in [2.75, 3.05) is 0 Å². The molecule has 0 bridgehead atoms. The summed E-state index contributed by atoms with van der Waals surface area (Å²) >= 11 is 0. The quantitative estimate of drug-likeness (QED) is 0.426. The molecule has 3 aromatic rings. The first kappa shape index (κ1) is 14.8. The Labute approximate surface area is 135 Å². The second-order valence-corrected chi connectivity index (χ2v) is 5.21. The first-order valence-electron chi connectivity index (χ1n) is 7.40. The lowest BCUT2D eigenvalue weighted by Gasteiger charge is -2.08. The van der Waals surface area contributed by atoms with Crippen molar-refractivity contribution in [1.82, 2.24) is 0 Å². The van der Waals surface area contributed by atoms with Crippen LogP contribution in [0.1, 0.15) is 21.5 Å². The van der Waals surface area contributed by atoms with Gasteiger partial charge < -0.3 is 5.11 Å². The lowest BCUT2D eigenvalue weighted by molar-refractivity contribution is 0.105. The van der Waals surface area contributed by atoms with Gasteiger partial charge in [-0.3, -0.25) is 4.79 Å². The summed E-state index contributed by atoms with van der Waals surface area (Å²) in [6.07, 6.45) is 1.89. The normalized spacial score (nSPS) is 11.2. The van der Waals surface area contributed by atoms with Gasteiger partial charge in [0.25, 0.3) is 0 Å². The van der Waals surface area contributed by atoms with Crippen molar-refractivity contribution in [3.63, 3.8) is 0 Å². The van der Waals surface area contributed by atoms with Gasteiger partial charge in [-0.05, 0) is 41.5 Å². The molecule has 0 aliphatic carbocycles. The van der Waals surface area contributed by atoms with Crippen LogP contribution in [0.25, 0.3) is 11.6 Å². The smallest absolute Gasteiger partial charge is 0.193 e. The molecular weight excluding hydrogens is 284 g/mol. The van der Waals surface area contributed by atoms with Gasteiger partial charge in [-0.25, -0.2) is 0 Å². The standard InChI is InChI=1S/C21H16O2/c22-19-13-11-18(12-14-19)21(23)20(17-9-5-2-6-10-17)15-16-7-3-1-4-8-16/h1-15,22H/b20-15-. The molecule has 23 heavy (non-hydrogen) atoms. The maximum Gasteiger partial charge on any atom is 0.193 e. The minimum atomic E-state index is -0.0694. The second kappa shape index (κ2) is 6.75. The summed E-state index contributed by atoms with van der Waals surface area (Å²) in [4.78, 5) is 12.9. The van der Waals surface area contributed by atoms with E-state index < -0.39 is 0 Å². The number of ketones is 1. The van der Waals surface area contributed by atoms with Crippen molar-refractivity contribution in [1.29, 1.82) is 0 Å².